The molecule has 0 saturated carbocycles. The van der Waals surface area contributed by atoms with Crippen molar-refractivity contribution in [2.24, 2.45) is 11.0 Å². The van der Waals surface area contributed by atoms with E-state index >= 15 is 0 Å². The third-order valence-corrected chi connectivity index (χ3v) is 4.50. The summed E-state index contributed by atoms with van der Waals surface area (Å²) in [5.41, 5.74) is 3.21. The molecule has 2 atom stereocenters. The number of anilines is 1. The van der Waals surface area contributed by atoms with Gasteiger partial charge in [-0.25, -0.2) is 10.2 Å². The highest BCUT2D eigenvalue weighted by atomic mass is 16.6. The van der Waals surface area contributed by atoms with Crippen molar-refractivity contribution >= 4 is 34.9 Å². The van der Waals surface area contributed by atoms with Crippen LogP contribution in [0.3, 0.4) is 0 Å². The predicted octanol–water partition coefficient (Wildman–Crippen LogP) is 3.25. The van der Waals surface area contributed by atoms with Gasteiger partial charge in [0.15, 0.2) is 0 Å². The molecule has 0 aliphatic heterocycles. The number of para-hydroxylation sites is 1. The third kappa shape index (κ3) is 6.20. The maximum Gasteiger partial charge on any atom is 0.339 e. The first-order valence-corrected chi connectivity index (χ1v) is 9.23. The highest BCUT2D eigenvalue weighted by Crippen LogP contribution is 2.29. The van der Waals surface area contributed by atoms with Crippen molar-refractivity contribution in [1.29, 1.82) is 0 Å². The maximum atomic E-state index is 12.5. The van der Waals surface area contributed by atoms with Crippen LogP contribution in [-0.4, -0.2) is 35.5 Å². The van der Waals surface area contributed by atoms with E-state index in [0.717, 1.165) is 0 Å². The number of hydrogen-bond acceptors (Lipinski definition) is 7. The molecule has 10 heteroatoms. The summed E-state index contributed by atoms with van der Waals surface area (Å²) in [6.07, 6.45) is 0. The molecule has 2 amide bonds. The Hall–Kier alpha value is -4.08. The summed E-state index contributed by atoms with van der Waals surface area (Å²) in [4.78, 5) is 47.3. The number of urea groups is 1. The van der Waals surface area contributed by atoms with E-state index in [4.69, 9.17) is 4.74 Å². The zero-order chi connectivity index (χ0) is 23.0. The fraction of sp³-hybridized carbons (Fsp3) is 0.238. The molecular weight excluding hydrogens is 404 g/mol. The van der Waals surface area contributed by atoms with Crippen LogP contribution in [-0.2, 0) is 14.3 Å². The van der Waals surface area contributed by atoms with Gasteiger partial charge < -0.3 is 10.1 Å². The van der Waals surface area contributed by atoms with Crippen LogP contribution < -0.4 is 10.7 Å². The summed E-state index contributed by atoms with van der Waals surface area (Å²) in [6, 6.07) is 13.3. The largest absolute Gasteiger partial charge is 0.468 e. The smallest absolute Gasteiger partial charge is 0.339 e. The molecule has 0 saturated heterocycles. The number of nitro groups is 1. The van der Waals surface area contributed by atoms with Crippen molar-refractivity contribution < 1.29 is 24.0 Å². The number of non-ortho nitro benzene ring substituents is 1. The van der Waals surface area contributed by atoms with E-state index in [-0.39, 0.29) is 17.2 Å². The second-order valence-electron chi connectivity index (χ2n) is 6.62. The summed E-state index contributed by atoms with van der Waals surface area (Å²) in [7, 11) is 1.17. The van der Waals surface area contributed by atoms with E-state index in [0.29, 0.717) is 11.3 Å². The number of carbonyl (C=O) groups is 3. The minimum Gasteiger partial charge on any atom is -0.468 e. The van der Waals surface area contributed by atoms with Gasteiger partial charge in [-0.15, -0.1) is 0 Å². The number of ketones is 1. The number of carbonyl (C=O) groups excluding carboxylic acids is 3. The second kappa shape index (κ2) is 10.6. The minimum absolute atomic E-state index is 0.133. The van der Waals surface area contributed by atoms with Gasteiger partial charge in [-0.1, -0.05) is 30.3 Å². The Kier molecular flexibility index (Phi) is 7.95. The Bertz CT molecular complexity index is 989. The zero-order valence-corrected chi connectivity index (χ0v) is 17.2. The quantitative estimate of drug-likeness (QED) is 0.287. The molecule has 2 N–H and O–H groups in total. The van der Waals surface area contributed by atoms with E-state index in [1.165, 1.54) is 45.2 Å². The van der Waals surface area contributed by atoms with Crippen LogP contribution in [0.4, 0.5) is 16.2 Å². The predicted molar refractivity (Wildman–Crippen MR) is 114 cm³/mol. The molecule has 0 spiro atoms. The molecule has 0 aliphatic rings. The number of hydrazone groups is 1. The highest BCUT2D eigenvalue weighted by molar-refractivity contribution is 6.07. The van der Waals surface area contributed by atoms with Crippen molar-refractivity contribution in [3.63, 3.8) is 0 Å². The van der Waals surface area contributed by atoms with Gasteiger partial charge in [0.1, 0.15) is 11.7 Å². The Labute approximate surface area is 178 Å². The lowest BCUT2D eigenvalue weighted by Crippen LogP contribution is -2.35. The van der Waals surface area contributed by atoms with Crippen LogP contribution in [0, 0.1) is 16.0 Å². The Morgan fingerprint density at radius 1 is 1.03 bits per heavy atom. The molecule has 2 aromatic carbocycles. The average Bonchev–Trinajstić information content (AvgIpc) is 2.75. The van der Waals surface area contributed by atoms with Crippen LogP contribution in [0.1, 0.15) is 25.3 Å². The number of nitrogens with one attached hydrogen (secondary N) is 2. The zero-order valence-electron chi connectivity index (χ0n) is 17.2. The first-order valence-electron chi connectivity index (χ1n) is 9.23. The van der Waals surface area contributed by atoms with Gasteiger partial charge in [0.25, 0.3) is 5.69 Å². The van der Waals surface area contributed by atoms with E-state index in [9.17, 15) is 24.5 Å². The molecule has 2 aromatic rings. The van der Waals surface area contributed by atoms with Crippen molar-refractivity contribution in [3.05, 3.63) is 70.3 Å². The SMILES string of the molecule is COC(=O)C(/C(C)=N/NC(=O)Nc1ccccc1)C(C(C)=O)c1ccc([N+](=O)[O-])cc1. The number of Topliss-reactive ketones (excluding diaryl/α,β-unsaturated/α-hetero) is 1. The average molecular weight is 426 g/mol. The normalized spacial score (nSPS) is 12.9. The number of hydrogen-bond donors (Lipinski definition) is 2. The number of esters is 1. The molecule has 31 heavy (non-hydrogen) atoms. The molecule has 162 valence electrons. The number of nitrogens with zero attached hydrogens (tertiary/aromatic N) is 2. The third-order valence-electron chi connectivity index (χ3n) is 4.50. The van der Waals surface area contributed by atoms with E-state index < -0.39 is 28.8 Å². The molecular formula is C21H22N4O6. The van der Waals surface area contributed by atoms with Gasteiger partial charge in [0.05, 0.1) is 23.7 Å². The summed E-state index contributed by atoms with van der Waals surface area (Å²) in [5, 5.41) is 17.4. The number of rotatable bonds is 8. The molecule has 10 nitrogen and oxygen atoms in total. The van der Waals surface area contributed by atoms with Gasteiger partial charge in [0, 0.05) is 17.8 Å². The maximum absolute atomic E-state index is 12.5. The van der Waals surface area contributed by atoms with Crippen molar-refractivity contribution in [2.45, 2.75) is 19.8 Å². The first-order chi connectivity index (χ1) is 14.7. The van der Waals surface area contributed by atoms with Crippen molar-refractivity contribution in [2.75, 3.05) is 12.4 Å². The van der Waals surface area contributed by atoms with Crippen LogP contribution in [0.25, 0.3) is 0 Å². The fourth-order valence-corrected chi connectivity index (χ4v) is 3.03. The number of ether oxygens (including phenoxy) is 1. The van der Waals surface area contributed by atoms with Crippen LogP contribution >= 0.6 is 0 Å². The highest BCUT2D eigenvalue weighted by Gasteiger charge is 2.36. The molecule has 0 aliphatic carbocycles. The second-order valence-corrected chi connectivity index (χ2v) is 6.62. The summed E-state index contributed by atoms with van der Waals surface area (Å²) in [5.74, 6) is -3.24. The lowest BCUT2D eigenvalue weighted by Gasteiger charge is -2.23. The lowest BCUT2D eigenvalue weighted by molar-refractivity contribution is -0.384. The van der Waals surface area contributed by atoms with E-state index in [1.807, 2.05) is 0 Å². The molecule has 2 rings (SSSR count). The van der Waals surface area contributed by atoms with Crippen molar-refractivity contribution in [3.8, 4) is 0 Å². The van der Waals surface area contributed by atoms with Gasteiger partial charge in [0.2, 0.25) is 0 Å². The van der Waals surface area contributed by atoms with Gasteiger partial charge in [-0.3, -0.25) is 19.7 Å². The van der Waals surface area contributed by atoms with Gasteiger partial charge in [-0.05, 0) is 31.5 Å². The number of methoxy groups -OCH3 is 1. The Morgan fingerprint density at radius 2 is 1.65 bits per heavy atom. The monoisotopic (exact) mass is 426 g/mol. The van der Waals surface area contributed by atoms with Crippen LogP contribution in [0.2, 0.25) is 0 Å². The molecule has 2 unspecified atom stereocenters. The number of amides is 2. The molecule has 0 fully saturated rings. The Balaban J connectivity index is 2.29. The molecule has 0 heterocycles. The minimum atomic E-state index is -1.14. The van der Waals surface area contributed by atoms with Crippen LogP contribution in [0.5, 0.6) is 0 Å². The van der Waals surface area contributed by atoms with Gasteiger partial charge >= 0.3 is 12.0 Å². The topological polar surface area (TPSA) is 140 Å². The summed E-state index contributed by atoms with van der Waals surface area (Å²) >= 11 is 0. The molecule has 0 bridgehead atoms. The fourth-order valence-electron chi connectivity index (χ4n) is 3.03. The number of benzene rings is 2. The standard InChI is InChI=1S/C21H22N4O6/c1-13(23-24-21(28)22-16-7-5-4-6-8-16)18(20(27)31-3)19(14(2)26)15-9-11-17(12-10-15)25(29)30/h4-12,18-19H,1-3H3,(H2,22,24,28)/b23-13+. The molecule has 0 radical (unpaired) electrons. The lowest BCUT2D eigenvalue weighted by atomic mass is 9.80. The summed E-state index contributed by atoms with van der Waals surface area (Å²) in [6.45, 7) is 2.77. The van der Waals surface area contributed by atoms with Gasteiger partial charge in [-0.2, -0.15) is 5.10 Å². The van der Waals surface area contributed by atoms with E-state index in [1.54, 1.807) is 30.3 Å². The molecule has 0 aromatic heterocycles. The first kappa shape index (κ1) is 23.2. The van der Waals surface area contributed by atoms with Crippen LogP contribution in [0.15, 0.2) is 59.7 Å². The van der Waals surface area contributed by atoms with Crippen molar-refractivity contribution in [1.82, 2.24) is 5.43 Å². The number of nitro benzene ring substituents is 1. The Morgan fingerprint density at radius 3 is 2.16 bits per heavy atom. The van der Waals surface area contributed by atoms with E-state index in [2.05, 4.69) is 15.8 Å². The summed E-state index contributed by atoms with van der Waals surface area (Å²) < 4.78 is 4.84.